The van der Waals surface area contributed by atoms with E-state index in [2.05, 4.69) is 19.8 Å². The number of nitrogens with one attached hydrogen (secondary N) is 1. The first-order chi connectivity index (χ1) is 16.3. The number of anilines is 1. The van der Waals surface area contributed by atoms with Crippen LogP contribution in [-0.4, -0.2) is 73.4 Å². The number of aliphatic carboxylic acids is 1. The quantitative estimate of drug-likeness (QED) is 0.140. The highest BCUT2D eigenvalue weighted by atomic mass is 32.2. The van der Waals surface area contributed by atoms with E-state index in [-0.39, 0.29) is 22.4 Å². The summed E-state index contributed by atoms with van der Waals surface area (Å²) in [6.45, 7) is 0.332. The third kappa shape index (κ3) is 4.58. The van der Waals surface area contributed by atoms with Gasteiger partial charge in [-0.3, -0.25) is 14.5 Å². The molecule has 2 aliphatic heterocycles. The number of β-lactam (4-membered cyclic amide) rings is 1. The van der Waals surface area contributed by atoms with Crippen LogP contribution in [0.4, 0.5) is 5.13 Å². The summed E-state index contributed by atoms with van der Waals surface area (Å²) in [6, 6.07) is 2.95. The molecule has 2 aromatic heterocycles. The van der Waals surface area contributed by atoms with Gasteiger partial charge in [0.15, 0.2) is 24.1 Å². The number of carbonyl (C=O) groups is 3. The number of aromatic nitrogens is 3. The van der Waals surface area contributed by atoms with E-state index < -0.39 is 29.2 Å². The highest BCUT2D eigenvalue weighted by Gasteiger charge is 2.54. The molecular formula is C19H20N7O5S3+. The van der Waals surface area contributed by atoms with Crippen LogP contribution in [0.15, 0.2) is 45.8 Å². The SMILES string of the molecule is CON=C(C(=O)NC1C(=O)N2C(C(=O)O)=C(C[n+]3ccc(SC)cc3)CS[C@H]12)c1nsc(N)n1. The van der Waals surface area contributed by atoms with Gasteiger partial charge in [-0.2, -0.15) is 9.36 Å². The van der Waals surface area contributed by atoms with E-state index in [9.17, 15) is 19.5 Å². The second-order valence-corrected chi connectivity index (χ2v) is 9.88. The maximum atomic E-state index is 12.9. The summed E-state index contributed by atoms with van der Waals surface area (Å²) in [4.78, 5) is 48.7. The molecule has 4 rings (SSSR count). The van der Waals surface area contributed by atoms with Gasteiger partial charge in [0, 0.05) is 39.9 Å². The zero-order valence-corrected chi connectivity index (χ0v) is 20.4. The van der Waals surface area contributed by atoms with Gasteiger partial charge in [0.25, 0.3) is 11.8 Å². The van der Waals surface area contributed by atoms with Gasteiger partial charge < -0.3 is 21.0 Å². The van der Waals surface area contributed by atoms with E-state index in [0.29, 0.717) is 17.9 Å². The lowest BCUT2D eigenvalue weighted by Crippen LogP contribution is -2.71. The molecule has 1 unspecified atom stereocenters. The minimum Gasteiger partial charge on any atom is -0.477 e. The molecule has 0 radical (unpaired) electrons. The van der Waals surface area contributed by atoms with Crippen LogP contribution in [0.5, 0.6) is 0 Å². The normalized spacial score (nSPS) is 20.0. The number of oxime groups is 1. The first-order valence-corrected chi connectivity index (χ1v) is 12.8. The lowest BCUT2D eigenvalue weighted by atomic mass is 10.0. The number of hydrogen-bond acceptors (Lipinski definition) is 11. The highest BCUT2D eigenvalue weighted by molar-refractivity contribution is 8.00. The van der Waals surface area contributed by atoms with Gasteiger partial charge in [-0.1, -0.05) is 5.16 Å². The van der Waals surface area contributed by atoms with E-state index in [1.807, 2.05) is 35.3 Å². The van der Waals surface area contributed by atoms with Crippen molar-refractivity contribution in [2.45, 2.75) is 22.9 Å². The van der Waals surface area contributed by atoms with Crippen molar-refractivity contribution in [2.24, 2.45) is 5.16 Å². The Morgan fingerprint density at radius 3 is 2.76 bits per heavy atom. The molecule has 1 saturated heterocycles. The van der Waals surface area contributed by atoms with Crippen molar-refractivity contribution in [2.75, 3.05) is 24.9 Å². The predicted octanol–water partition coefficient (Wildman–Crippen LogP) is -0.0810. The number of carbonyl (C=O) groups excluding carboxylic acids is 2. The number of amides is 2. The van der Waals surface area contributed by atoms with Gasteiger partial charge in [-0.25, -0.2) is 9.36 Å². The standard InChI is InChI=1S/C19H19N7O5S3/c1-31-23-11(14-22-19(20)34-24-14)15(27)21-12-16(28)26-13(18(29)30)9(8-33-17(12)26)7-25-5-3-10(32-2)4-6-25/h3-6,12,17H,7-8H2,1-2H3,(H3-,20,21,22,24,27,29,30)/p+1/t12?,17-/m1/s1. The van der Waals surface area contributed by atoms with Crippen molar-refractivity contribution in [3.63, 3.8) is 0 Å². The molecule has 2 atom stereocenters. The zero-order valence-electron chi connectivity index (χ0n) is 18.0. The number of carboxylic acid groups (broad SMARTS) is 1. The minimum absolute atomic E-state index is 0.0281. The van der Waals surface area contributed by atoms with Crippen LogP contribution in [-0.2, 0) is 25.8 Å². The van der Waals surface area contributed by atoms with E-state index in [1.54, 1.807) is 11.8 Å². The summed E-state index contributed by atoms with van der Waals surface area (Å²) >= 11 is 3.87. The Balaban J connectivity index is 1.52. The fourth-order valence-corrected chi connectivity index (χ4v) is 5.69. The maximum absolute atomic E-state index is 12.9. The number of rotatable bonds is 8. The average molecular weight is 523 g/mol. The van der Waals surface area contributed by atoms with Crippen molar-refractivity contribution < 1.29 is 28.9 Å². The Labute approximate surface area is 206 Å². The van der Waals surface area contributed by atoms with Crippen molar-refractivity contribution in [1.29, 1.82) is 0 Å². The molecule has 4 heterocycles. The molecule has 0 aliphatic carbocycles. The fourth-order valence-electron chi connectivity index (χ4n) is 3.53. The highest BCUT2D eigenvalue weighted by Crippen LogP contribution is 2.40. The summed E-state index contributed by atoms with van der Waals surface area (Å²) in [5, 5.41) is 15.7. The van der Waals surface area contributed by atoms with E-state index in [0.717, 1.165) is 16.4 Å². The van der Waals surface area contributed by atoms with Crippen LogP contribution in [0.25, 0.3) is 0 Å². The smallest absolute Gasteiger partial charge is 0.352 e. The Bertz CT molecular complexity index is 1200. The van der Waals surface area contributed by atoms with Crippen LogP contribution >= 0.6 is 35.1 Å². The van der Waals surface area contributed by atoms with Gasteiger partial charge >= 0.3 is 5.97 Å². The van der Waals surface area contributed by atoms with Gasteiger partial charge in [0.2, 0.25) is 11.5 Å². The van der Waals surface area contributed by atoms with Crippen molar-refractivity contribution in [1.82, 2.24) is 19.6 Å². The predicted molar refractivity (Wildman–Crippen MR) is 126 cm³/mol. The zero-order chi connectivity index (χ0) is 24.4. The summed E-state index contributed by atoms with van der Waals surface area (Å²) < 4.78 is 5.81. The van der Waals surface area contributed by atoms with E-state index in [4.69, 9.17) is 10.6 Å². The summed E-state index contributed by atoms with van der Waals surface area (Å²) in [7, 11) is 1.26. The molecule has 4 N–H and O–H groups in total. The Morgan fingerprint density at radius 1 is 1.44 bits per heavy atom. The van der Waals surface area contributed by atoms with Crippen LogP contribution in [0.2, 0.25) is 0 Å². The average Bonchev–Trinajstić information content (AvgIpc) is 3.26. The lowest BCUT2D eigenvalue weighted by Gasteiger charge is -2.49. The van der Waals surface area contributed by atoms with Gasteiger partial charge in [-0.05, 0) is 6.26 Å². The molecule has 0 bridgehead atoms. The maximum Gasteiger partial charge on any atom is 0.352 e. The third-order valence-corrected chi connectivity index (χ3v) is 7.68. The fraction of sp³-hybridized carbons (Fsp3) is 0.316. The largest absolute Gasteiger partial charge is 0.477 e. The Hall–Kier alpha value is -3.17. The summed E-state index contributed by atoms with van der Waals surface area (Å²) in [5.41, 5.74) is 5.90. The second kappa shape index (κ2) is 9.99. The number of pyridine rings is 1. The topological polar surface area (TPSA) is 164 Å². The molecule has 178 valence electrons. The summed E-state index contributed by atoms with van der Waals surface area (Å²) in [6.07, 6.45) is 5.71. The molecule has 12 nitrogen and oxygen atoms in total. The number of thioether (sulfide) groups is 2. The summed E-state index contributed by atoms with van der Waals surface area (Å²) in [5.74, 6) is -2.08. The van der Waals surface area contributed by atoms with Crippen LogP contribution in [0, 0.1) is 0 Å². The lowest BCUT2D eigenvalue weighted by molar-refractivity contribution is -0.689. The molecule has 1 fully saturated rings. The number of nitrogen functional groups attached to an aromatic ring is 1. The molecule has 2 aromatic rings. The number of fused-ring (bicyclic) bond motifs is 1. The number of hydrogen-bond donors (Lipinski definition) is 3. The second-order valence-electron chi connectivity index (χ2n) is 7.11. The molecule has 0 saturated carbocycles. The molecule has 0 aromatic carbocycles. The first-order valence-electron chi connectivity index (χ1n) is 9.78. The number of carboxylic acids is 1. The Kier molecular flexibility index (Phi) is 7.04. The number of nitrogens with two attached hydrogens (primary N) is 1. The molecule has 2 aliphatic rings. The van der Waals surface area contributed by atoms with Crippen molar-refractivity contribution in [3.8, 4) is 0 Å². The number of nitrogens with zero attached hydrogens (tertiary/aromatic N) is 5. The van der Waals surface area contributed by atoms with Gasteiger partial charge in [0.1, 0.15) is 24.2 Å². The van der Waals surface area contributed by atoms with Crippen LogP contribution in [0.3, 0.4) is 0 Å². The van der Waals surface area contributed by atoms with Gasteiger partial charge in [-0.15, -0.1) is 23.5 Å². The Morgan fingerprint density at radius 2 is 2.18 bits per heavy atom. The van der Waals surface area contributed by atoms with Crippen LogP contribution < -0.4 is 15.6 Å². The minimum atomic E-state index is -1.19. The van der Waals surface area contributed by atoms with Gasteiger partial charge in [0.05, 0.1) is 0 Å². The monoisotopic (exact) mass is 522 g/mol. The van der Waals surface area contributed by atoms with E-state index >= 15 is 0 Å². The molecule has 0 spiro atoms. The van der Waals surface area contributed by atoms with Crippen molar-refractivity contribution >= 4 is 63.7 Å². The molecule has 34 heavy (non-hydrogen) atoms. The molecule has 2 amide bonds. The first kappa shape index (κ1) is 24.0. The molecular weight excluding hydrogens is 502 g/mol. The van der Waals surface area contributed by atoms with Crippen molar-refractivity contribution in [3.05, 3.63) is 41.6 Å². The van der Waals surface area contributed by atoms with E-state index in [1.165, 1.54) is 23.8 Å². The molecule has 15 heteroatoms. The van der Waals surface area contributed by atoms with Crippen LogP contribution in [0.1, 0.15) is 5.82 Å². The third-order valence-electron chi connectivity index (χ3n) is 5.06.